The van der Waals surface area contributed by atoms with Crippen LogP contribution in [0.4, 0.5) is 0 Å². The van der Waals surface area contributed by atoms with E-state index in [1.807, 2.05) is 64.6 Å². The maximum Gasteiger partial charge on any atom is 0.331 e. The molecule has 3 aromatic carbocycles. The smallest absolute Gasteiger partial charge is 0.331 e. The van der Waals surface area contributed by atoms with Crippen molar-refractivity contribution in [3.8, 4) is 40.2 Å². The van der Waals surface area contributed by atoms with Crippen molar-refractivity contribution < 1.29 is 53.3 Å². The van der Waals surface area contributed by atoms with Crippen LogP contribution < -0.4 is 29.0 Å². The number of thiol groups is 1. The number of aromatic hydroxyl groups is 2. The van der Waals surface area contributed by atoms with E-state index in [4.69, 9.17) is 28.4 Å². The molecule has 6 rings (SSSR count). The summed E-state index contributed by atoms with van der Waals surface area (Å²) in [5.74, 6) is 0.307. The number of benzene rings is 3. The molecule has 3 aromatic rings. The maximum absolute atomic E-state index is 14.4. The minimum atomic E-state index is -1.34. The number of ether oxygens (including phenoxy) is 6. The maximum atomic E-state index is 14.4. The van der Waals surface area contributed by atoms with Crippen LogP contribution in [-0.4, -0.2) is 109 Å². The van der Waals surface area contributed by atoms with Crippen molar-refractivity contribution >= 4 is 24.6 Å². The lowest BCUT2D eigenvalue weighted by molar-refractivity contribution is -0.156. The lowest BCUT2D eigenvalue weighted by Crippen LogP contribution is -2.58. The molecular formula is C42H55N3O11S. The first kappa shape index (κ1) is 42.2. The molecule has 15 heteroatoms. The van der Waals surface area contributed by atoms with E-state index in [2.05, 4.69) is 17.9 Å². The van der Waals surface area contributed by atoms with Gasteiger partial charge in [-0.2, -0.15) is 12.6 Å². The summed E-state index contributed by atoms with van der Waals surface area (Å²) in [5, 5.41) is 38.3. The molecule has 3 aliphatic heterocycles. The zero-order valence-electron chi connectivity index (χ0n) is 34.3. The van der Waals surface area contributed by atoms with Gasteiger partial charge in [-0.15, -0.1) is 0 Å². The number of methoxy groups -OCH3 is 2. The average molecular weight is 810 g/mol. The third-order valence-electron chi connectivity index (χ3n) is 11.8. The number of likely N-dealkylation sites (N-methyl/N-ethyl adjacent to an activating group) is 1. The van der Waals surface area contributed by atoms with Gasteiger partial charge in [0.25, 0.3) is 0 Å². The van der Waals surface area contributed by atoms with Crippen LogP contribution in [0.1, 0.15) is 77.2 Å². The molecule has 4 N–H and O–H groups in total. The zero-order chi connectivity index (χ0) is 41.7. The number of aliphatic hydroxyl groups is 1. The Balaban J connectivity index is 1.48. The SMILES string of the molecule is COc1cc2c(cc1O)CCN[C@]2(CS)C(=O)OC[C@@H](C)N1[C@@H]([C@H](C)c2c(C)c3c(c(C)c2OC(C)=O)OCO3)[C@@H](N(C)C)c2c(cc(C)c(OC)c2O)C[C@@H]1O. The molecule has 3 aliphatic rings. The van der Waals surface area contributed by atoms with Crippen molar-refractivity contribution in [1.29, 1.82) is 0 Å². The third kappa shape index (κ3) is 7.22. The Morgan fingerprint density at radius 3 is 2.33 bits per heavy atom. The quantitative estimate of drug-likeness (QED) is 0.104. The van der Waals surface area contributed by atoms with Crippen molar-refractivity contribution in [3.63, 3.8) is 0 Å². The number of rotatable bonds is 11. The molecule has 0 saturated heterocycles. The minimum Gasteiger partial charge on any atom is -0.504 e. The molecule has 0 spiro atoms. The predicted molar refractivity (Wildman–Crippen MR) is 215 cm³/mol. The van der Waals surface area contributed by atoms with Crippen LogP contribution in [0.25, 0.3) is 0 Å². The first-order chi connectivity index (χ1) is 27.0. The summed E-state index contributed by atoms with van der Waals surface area (Å²) < 4.78 is 35.1. The molecule has 6 atom stereocenters. The number of nitrogens with one attached hydrogen (secondary N) is 1. The topological polar surface area (TPSA) is 169 Å². The van der Waals surface area contributed by atoms with Crippen molar-refractivity contribution in [1.82, 2.24) is 15.1 Å². The number of phenols is 2. The second-order valence-corrected chi connectivity index (χ2v) is 15.8. The van der Waals surface area contributed by atoms with Gasteiger partial charge in [-0.1, -0.05) is 13.0 Å². The molecule has 0 aliphatic carbocycles. The second kappa shape index (κ2) is 16.5. The monoisotopic (exact) mass is 809 g/mol. The zero-order valence-corrected chi connectivity index (χ0v) is 35.2. The molecule has 14 nitrogen and oxygen atoms in total. The number of carbonyl (C=O) groups is 2. The fourth-order valence-corrected chi connectivity index (χ4v) is 9.66. The minimum absolute atomic E-state index is 0.00674. The highest BCUT2D eigenvalue weighted by Crippen LogP contribution is 2.53. The standard InChI is InChI=1S/C42H55N3O11S/c1-20-13-27-15-31(48)45(21(2)17-53-41(50)42(18-57)28-16-30(51-9)29(47)14-26(28)11-12-43-42)34(35(44(7)8)33(27)36(49)37(20)52-10)22(3)32-23(4)39-40(55-19-54-39)24(5)38(32)56-25(6)46/h13-14,16,21-22,31,34-35,43,47-49,57H,11-12,15,17-19H2,1-10H3/t21-,22-,31+,34+,35+,42+/m1/s1. The summed E-state index contributed by atoms with van der Waals surface area (Å²) in [6.45, 7) is 11.1. The van der Waals surface area contributed by atoms with Gasteiger partial charge in [0.2, 0.25) is 6.79 Å². The van der Waals surface area contributed by atoms with E-state index in [1.165, 1.54) is 21.1 Å². The van der Waals surface area contributed by atoms with E-state index in [0.29, 0.717) is 69.3 Å². The van der Waals surface area contributed by atoms with Crippen LogP contribution >= 0.6 is 12.6 Å². The highest BCUT2D eigenvalue weighted by molar-refractivity contribution is 7.80. The van der Waals surface area contributed by atoms with Gasteiger partial charge in [-0.3, -0.25) is 15.0 Å². The highest BCUT2D eigenvalue weighted by Gasteiger charge is 2.49. The lowest BCUT2D eigenvalue weighted by Gasteiger charge is -2.47. The van der Waals surface area contributed by atoms with Crippen LogP contribution in [0.5, 0.6) is 40.2 Å². The van der Waals surface area contributed by atoms with Crippen molar-refractivity contribution in [2.45, 2.75) is 90.2 Å². The van der Waals surface area contributed by atoms with Crippen LogP contribution in [0, 0.1) is 20.8 Å². The number of aliphatic hydroxyl groups excluding tert-OH is 1. The molecule has 0 bridgehead atoms. The molecule has 57 heavy (non-hydrogen) atoms. The van der Waals surface area contributed by atoms with Gasteiger partial charge >= 0.3 is 11.9 Å². The molecule has 0 aromatic heterocycles. The van der Waals surface area contributed by atoms with Crippen molar-refractivity contribution in [2.75, 3.05) is 54.0 Å². The molecule has 0 amide bonds. The fourth-order valence-electron chi connectivity index (χ4n) is 9.25. The molecule has 0 radical (unpaired) electrons. The summed E-state index contributed by atoms with van der Waals surface area (Å²) in [7, 11) is 6.76. The van der Waals surface area contributed by atoms with E-state index < -0.39 is 47.7 Å². The Bertz CT molecular complexity index is 2060. The van der Waals surface area contributed by atoms with E-state index in [-0.39, 0.29) is 42.8 Å². The van der Waals surface area contributed by atoms with E-state index >= 15 is 0 Å². The number of aryl methyl sites for hydroxylation is 1. The molecular weight excluding hydrogens is 755 g/mol. The Kier molecular flexibility index (Phi) is 12.2. The van der Waals surface area contributed by atoms with Gasteiger partial charge in [-0.05, 0) is 82.6 Å². The summed E-state index contributed by atoms with van der Waals surface area (Å²) >= 11 is 4.62. The Hall–Kier alpha value is -4.41. The van der Waals surface area contributed by atoms with Crippen LogP contribution in [-0.2, 0) is 32.7 Å². The predicted octanol–water partition coefficient (Wildman–Crippen LogP) is 4.55. The Morgan fingerprint density at radius 1 is 1.04 bits per heavy atom. The summed E-state index contributed by atoms with van der Waals surface area (Å²) in [6, 6.07) is 3.32. The van der Waals surface area contributed by atoms with Crippen molar-refractivity contribution in [2.24, 2.45) is 0 Å². The first-order valence-electron chi connectivity index (χ1n) is 19.1. The molecule has 0 saturated carbocycles. The normalized spacial score (nSPS) is 22.6. The van der Waals surface area contributed by atoms with Crippen LogP contribution in [0.3, 0.4) is 0 Å². The van der Waals surface area contributed by atoms with Gasteiger partial charge in [0.15, 0.2) is 40.0 Å². The molecule has 0 unspecified atom stereocenters. The van der Waals surface area contributed by atoms with Gasteiger partial charge in [0.05, 0.1) is 20.3 Å². The highest BCUT2D eigenvalue weighted by atomic mass is 32.1. The summed E-state index contributed by atoms with van der Waals surface area (Å²) in [4.78, 5) is 31.0. The molecule has 310 valence electrons. The number of fused-ring (bicyclic) bond motifs is 3. The second-order valence-electron chi connectivity index (χ2n) is 15.5. The Labute approximate surface area is 339 Å². The van der Waals surface area contributed by atoms with Gasteiger partial charge < -0.3 is 48.6 Å². The number of carbonyl (C=O) groups excluding carboxylic acids is 2. The van der Waals surface area contributed by atoms with E-state index in [9.17, 15) is 24.9 Å². The van der Waals surface area contributed by atoms with E-state index in [1.54, 1.807) is 12.1 Å². The number of hydrogen-bond acceptors (Lipinski definition) is 15. The number of esters is 2. The number of phenolic OH excluding ortho intramolecular Hbond substituents is 2. The average Bonchev–Trinajstić information content (AvgIpc) is 3.62. The fraction of sp³-hybridized carbons (Fsp3) is 0.524. The summed E-state index contributed by atoms with van der Waals surface area (Å²) in [6.07, 6.45) is -0.424. The number of hydrogen-bond donors (Lipinski definition) is 5. The van der Waals surface area contributed by atoms with Crippen LogP contribution in [0.2, 0.25) is 0 Å². The largest absolute Gasteiger partial charge is 0.504 e. The Morgan fingerprint density at radius 2 is 1.72 bits per heavy atom. The van der Waals surface area contributed by atoms with Crippen molar-refractivity contribution in [3.05, 3.63) is 62.7 Å². The van der Waals surface area contributed by atoms with E-state index in [0.717, 1.165) is 11.1 Å². The number of nitrogens with zero attached hydrogens (tertiary/aromatic N) is 2. The first-order valence-corrected chi connectivity index (χ1v) is 19.7. The molecule has 3 heterocycles. The lowest BCUT2D eigenvalue weighted by atomic mass is 9.79. The van der Waals surface area contributed by atoms with Gasteiger partial charge in [0, 0.05) is 65.9 Å². The van der Waals surface area contributed by atoms with Gasteiger partial charge in [0.1, 0.15) is 18.6 Å². The third-order valence-corrected chi connectivity index (χ3v) is 12.2. The molecule has 0 fully saturated rings. The van der Waals surface area contributed by atoms with Gasteiger partial charge in [-0.25, -0.2) is 4.79 Å². The van der Waals surface area contributed by atoms with Crippen LogP contribution in [0.15, 0.2) is 18.2 Å². The summed E-state index contributed by atoms with van der Waals surface area (Å²) in [5.41, 5.74) is 4.03.